The van der Waals surface area contributed by atoms with Crippen molar-refractivity contribution in [3.05, 3.63) is 0 Å². The molecule has 1 aliphatic rings. The average molecular weight is 185 g/mol. The third-order valence-corrected chi connectivity index (χ3v) is 3.00. The Morgan fingerprint density at radius 2 is 2.00 bits per heavy atom. The molecule has 0 amide bonds. The molecular weight excluding hydrogens is 162 g/mol. The smallest absolute Gasteiger partial charge is 0.0692 e. The highest BCUT2D eigenvalue weighted by molar-refractivity contribution is 4.83. The van der Waals surface area contributed by atoms with Crippen LogP contribution in [-0.4, -0.2) is 23.8 Å². The first-order chi connectivity index (χ1) is 6.15. The van der Waals surface area contributed by atoms with Crippen LogP contribution in [0.2, 0.25) is 0 Å². The van der Waals surface area contributed by atoms with Crippen LogP contribution in [0, 0.1) is 11.8 Å². The van der Waals surface area contributed by atoms with Gasteiger partial charge in [-0.2, -0.15) is 0 Å². The van der Waals surface area contributed by atoms with Gasteiger partial charge in [0, 0.05) is 12.6 Å². The zero-order valence-corrected chi connectivity index (χ0v) is 9.09. The van der Waals surface area contributed by atoms with Crippen molar-refractivity contribution in [2.45, 2.75) is 52.2 Å². The molecule has 1 aliphatic carbocycles. The van der Waals surface area contributed by atoms with Crippen molar-refractivity contribution < 1.29 is 5.11 Å². The van der Waals surface area contributed by atoms with Crippen LogP contribution in [0.25, 0.3) is 0 Å². The van der Waals surface area contributed by atoms with Gasteiger partial charge >= 0.3 is 0 Å². The van der Waals surface area contributed by atoms with Crippen LogP contribution in [0.15, 0.2) is 0 Å². The van der Waals surface area contributed by atoms with Crippen LogP contribution >= 0.6 is 0 Å². The fourth-order valence-electron chi connectivity index (χ4n) is 1.77. The third kappa shape index (κ3) is 3.65. The number of nitrogens with one attached hydrogen (secondary N) is 1. The number of hydrogen-bond acceptors (Lipinski definition) is 2. The fourth-order valence-corrected chi connectivity index (χ4v) is 1.77. The Balaban J connectivity index is 2.14. The molecule has 2 unspecified atom stereocenters. The molecule has 0 aliphatic heterocycles. The zero-order chi connectivity index (χ0) is 9.84. The van der Waals surface area contributed by atoms with E-state index in [1.54, 1.807) is 0 Å². The van der Waals surface area contributed by atoms with Gasteiger partial charge in [-0.3, -0.25) is 0 Å². The Morgan fingerprint density at radius 1 is 1.38 bits per heavy atom. The van der Waals surface area contributed by atoms with Gasteiger partial charge in [0.1, 0.15) is 0 Å². The van der Waals surface area contributed by atoms with Crippen LogP contribution in [0.5, 0.6) is 0 Å². The predicted molar refractivity (Wildman–Crippen MR) is 55.7 cm³/mol. The summed E-state index contributed by atoms with van der Waals surface area (Å²) in [6, 6.07) is 0.563. The van der Waals surface area contributed by atoms with E-state index in [1.807, 2.05) is 0 Å². The van der Waals surface area contributed by atoms with Gasteiger partial charge in [-0.1, -0.05) is 20.8 Å². The van der Waals surface area contributed by atoms with Gasteiger partial charge in [0.2, 0.25) is 0 Å². The molecule has 1 rings (SSSR count). The molecule has 0 saturated heterocycles. The number of rotatable bonds is 6. The minimum atomic E-state index is -0.104. The van der Waals surface area contributed by atoms with Crippen LogP contribution in [0.1, 0.15) is 40.0 Å². The van der Waals surface area contributed by atoms with Crippen molar-refractivity contribution in [3.63, 3.8) is 0 Å². The van der Waals surface area contributed by atoms with E-state index in [0.29, 0.717) is 17.9 Å². The maximum absolute atomic E-state index is 9.65. The third-order valence-electron chi connectivity index (χ3n) is 3.00. The lowest BCUT2D eigenvalue weighted by molar-refractivity contribution is 0.141. The average Bonchev–Trinajstić information content (AvgIpc) is 2.86. The summed E-state index contributed by atoms with van der Waals surface area (Å²) in [6.07, 6.45) is 3.49. The second-order valence-electron chi connectivity index (χ2n) is 4.57. The topological polar surface area (TPSA) is 32.3 Å². The van der Waals surface area contributed by atoms with E-state index >= 15 is 0 Å². The summed E-state index contributed by atoms with van der Waals surface area (Å²) in [6.45, 7) is 7.43. The van der Waals surface area contributed by atoms with Gasteiger partial charge in [0.25, 0.3) is 0 Å². The molecule has 1 fully saturated rings. The standard InChI is InChI=1S/C11H23NO/c1-4-10(8(2)3)12-7-11(13)9-5-6-9/h8-13H,4-7H2,1-3H3. The lowest BCUT2D eigenvalue weighted by Gasteiger charge is -2.22. The molecule has 0 aromatic heterocycles. The molecule has 0 radical (unpaired) electrons. The Morgan fingerprint density at radius 3 is 2.38 bits per heavy atom. The quantitative estimate of drug-likeness (QED) is 0.661. The molecular formula is C11H23NO. The molecule has 2 heteroatoms. The first-order valence-corrected chi connectivity index (χ1v) is 5.56. The maximum Gasteiger partial charge on any atom is 0.0692 e. The molecule has 0 aromatic carbocycles. The largest absolute Gasteiger partial charge is 0.392 e. The molecule has 0 bridgehead atoms. The number of aliphatic hydroxyl groups is 1. The van der Waals surface area contributed by atoms with Gasteiger partial charge in [0.15, 0.2) is 0 Å². The van der Waals surface area contributed by atoms with Crippen LogP contribution in [0.4, 0.5) is 0 Å². The van der Waals surface area contributed by atoms with Crippen molar-refractivity contribution >= 4 is 0 Å². The highest BCUT2D eigenvalue weighted by Crippen LogP contribution is 2.32. The normalized spacial score (nSPS) is 21.9. The van der Waals surface area contributed by atoms with Gasteiger partial charge in [-0.25, -0.2) is 0 Å². The molecule has 1 saturated carbocycles. The summed E-state index contributed by atoms with van der Waals surface area (Å²) in [5.41, 5.74) is 0. The number of hydrogen-bond donors (Lipinski definition) is 2. The minimum absolute atomic E-state index is 0.104. The van der Waals surface area contributed by atoms with Crippen molar-refractivity contribution in [3.8, 4) is 0 Å². The van der Waals surface area contributed by atoms with Crippen molar-refractivity contribution in [1.29, 1.82) is 0 Å². The van der Waals surface area contributed by atoms with Gasteiger partial charge < -0.3 is 10.4 Å². The summed E-state index contributed by atoms with van der Waals surface area (Å²) in [5, 5.41) is 13.1. The van der Waals surface area contributed by atoms with E-state index in [-0.39, 0.29) is 6.10 Å². The molecule has 2 nitrogen and oxygen atoms in total. The maximum atomic E-state index is 9.65. The molecule has 0 heterocycles. The fraction of sp³-hybridized carbons (Fsp3) is 1.00. The first-order valence-electron chi connectivity index (χ1n) is 5.56. The predicted octanol–water partition coefficient (Wildman–Crippen LogP) is 1.78. The highest BCUT2D eigenvalue weighted by atomic mass is 16.3. The zero-order valence-electron chi connectivity index (χ0n) is 9.09. The second kappa shape index (κ2) is 4.97. The highest BCUT2D eigenvalue weighted by Gasteiger charge is 2.29. The van der Waals surface area contributed by atoms with Gasteiger partial charge in [0.05, 0.1) is 6.10 Å². The molecule has 2 N–H and O–H groups in total. The molecule has 78 valence electrons. The van der Waals surface area contributed by atoms with E-state index in [2.05, 4.69) is 26.1 Å². The molecule has 0 aromatic rings. The van der Waals surface area contributed by atoms with Crippen LogP contribution in [0.3, 0.4) is 0 Å². The summed E-state index contributed by atoms with van der Waals surface area (Å²) in [4.78, 5) is 0. The Kier molecular flexibility index (Phi) is 4.20. The summed E-state index contributed by atoms with van der Waals surface area (Å²) in [7, 11) is 0. The Labute approximate surface area is 81.7 Å². The van der Waals surface area contributed by atoms with Crippen molar-refractivity contribution in [2.75, 3.05) is 6.54 Å². The van der Waals surface area contributed by atoms with Crippen molar-refractivity contribution in [1.82, 2.24) is 5.32 Å². The van der Waals surface area contributed by atoms with E-state index in [0.717, 1.165) is 13.0 Å². The summed E-state index contributed by atoms with van der Waals surface area (Å²) >= 11 is 0. The molecule has 0 spiro atoms. The SMILES string of the molecule is CCC(NCC(O)C1CC1)C(C)C. The lowest BCUT2D eigenvalue weighted by Crippen LogP contribution is -2.39. The van der Waals surface area contributed by atoms with E-state index in [4.69, 9.17) is 0 Å². The van der Waals surface area contributed by atoms with Crippen LogP contribution in [-0.2, 0) is 0 Å². The van der Waals surface area contributed by atoms with Gasteiger partial charge in [-0.05, 0) is 31.1 Å². The van der Waals surface area contributed by atoms with Crippen molar-refractivity contribution in [2.24, 2.45) is 11.8 Å². The molecule has 2 atom stereocenters. The minimum Gasteiger partial charge on any atom is -0.392 e. The first kappa shape index (κ1) is 11.0. The number of aliphatic hydroxyl groups excluding tert-OH is 1. The molecule has 13 heavy (non-hydrogen) atoms. The monoisotopic (exact) mass is 185 g/mol. The second-order valence-corrected chi connectivity index (χ2v) is 4.57. The van der Waals surface area contributed by atoms with E-state index < -0.39 is 0 Å². The van der Waals surface area contributed by atoms with E-state index in [9.17, 15) is 5.11 Å². The summed E-state index contributed by atoms with van der Waals surface area (Å²) in [5.74, 6) is 1.26. The Hall–Kier alpha value is -0.0800. The Bertz CT molecular complexity index is 143. The van der Waals surface area contributed by atoms with E-state index in [1.165, 1.54) is 12.8 Å². The van der Waals surface area contributed by atoms with Gasteiger partial charge in [-0.15, -0.1) is 0 Å². The van der Waals surface area contributed by atoms with Crippen LogP contribution < -0.4 is 5.32 Å². The summed E-state index contributed by atoms with van der Waals surface area (Å²) < 4.78 is 0. The lowest BCUT2D eigenvalue weighted by atomic mass is 10.0.